The summed E-state index contributed by atoms with van der Waals surface area (Å²) < 4.78 is 6.82. The van der Waals surface area contributed by atoms with E-state index < -0.39 is 14.0 Å². The van der Waals surface area contributed by atoms with Crippen molar-refractivity contribution in [3.05, 3.63) is 99.1 Å². The highest BCUT2D eigenvalue weighted by Gasteiger charge is 2.48. The maximum atomic E-state index is 12.1. The van der Waals surface area contributed by atoms with Gasteiger partial charge in [-0.15, -0.1) is 0 Å². The zero-order chi connectivity index (χ0) is 33.8. The molecule has 44 heavy (non-hydrogen) atoms. The molecule has 0 unspecified atom stereocenters. The molecule has 0 aliphatic rings. The number of rotatable bonds is 5. The van der Waals surface area contributed by atoms with E-state index in [2.05, 4.69) is 146 Å². The summed E-state index contributed by atoms with van der Waals surface area (Å²) in [5, 5.41) is 0.479. The van der Waals surface area contributed by atoms with Gasteiger partial charge in [-0.05, 0) is 73.4 Å². The van der Waals surface area contributed by atoms with Crippen LogP contribution in [-0.4, -0.2) is 9.79 Å². The summed E-state index contributed by atoms with van der Waals surface area (Å²) in [5.74, 6) is 0. The average Bonchev–Trinajstić information content (AvgIpc) is 2.84. The molecule has 2 N–H and O–H groups in total. The van der Waals surface area contributed by atoms with E-state index in [1.54, 1.807) is 0 Å². The van der Waals surface area contributed by atoms with Gasteiger partial charge in [0.25, 0.3) is 0 Å². The Labute approximate surface area is 270 Å². The number of hydrogen-bond acceptors (Lipinski definition) is 3. The Bertz CT molecular complexity index is 1400. The molecule has 242 valence electrons. The first-order valence-electron chi connectivity index (χ1n) is 16.1. The molecule has 0 spiro atoms. The average molecular weight is 620 g/mol. The Morgan fingerprint density at radius 3 is 1.23 bits per heavy atom. The van der Waals surface area contributed by atoms with Gasteiger partial charge in [-0.3, -0.25) is 0 Å². The summed E-state index contributed by atoms with van der Waals surface area (Å²) in [4.78, 5) is 24.2. The first-order chi connectivity index (χ1) is 19.6. The molecule has 0 aliphatic carbocycles. The minimum Gasteiger partial charge on any atom is -0.188 e. The van der Waals surface area contributed by atoms with Crippen LogP contribution in [0.15, 0.2) is 54.6 Å². The van der Waals surface area contributed by atoms with Crippen molar-refractivity contribution < 1.29 is 14.3 Å². The standard InChI is InChI=1S/C40H60O3P/c1-26-17-22-34(33(23-26)40(14,15)16)44(41,42)43-35(29-20-18-27(36(2,3)4)24-31(29)38(8,9)10)30-21-19-28(37(5,6)7)25-32(30)39(11,12)13/h17-25,35,41-42H,1-16H3/q+1. The lowest BCUT2D eigenvalue weighted by atomic mass is 9.74. The van der Waals surface area contributed by atoms with Gasteiger partial charge in [-0.2, -0.15) is 14.3 Å². The van der Waals surface area contributed by atoms with Crippen molar-refractivity contribution in [3.63, 3.8) is 0 Å². The van der Waals surface area contributed by atoms with Crippen LogP contribution in [-0.2, 0) is 31.6 Å². The molecule has 3 aromatic rings. The van der Waals surface area contributed by atoms with E-state index in [0.29, 0.717) is 5.30 Å². The number of benzene rings is 3. The SMILES string of the molecule is Cc1ccc([P+](O)(O)OC(c2ccc(C(C)(C)C)cc2C(C)(C)C)c2ccc(C(C)(C)C)cc2C(C)(C)C)c(C(C)(C)C)c1. The van der Waals surface area contributed by atoms with Gasteiger partial charge < -0.3 is 0 Å². The highest BCUT2D eigenvalue weighted by atomic mass is 31.2. The summed E-state index contributed by atoms with van der Waals surface area (Å²) in [7, 11) is -4.07. The van der Waals surface area contributed by atoms with Crippen LogP contribution in [0.5, 0.6) is 0 Å². The Hall–Kier alpha value is -2.03. The van der Waals surface area contributed by atoms with Gasteiger partial charge in [0.15, 0.2) is 11.4 Å². The van der Waals surface area contributed by atoms with E-state index in [0.717, 1.165) is 33.4 Å². The second-order valence-corrected chi connectivity index (χ2v) is 19.7. The van der Waals surface area contributed by atoms with Crippen LogP contribution in [0.2, 0.25) is 0 Å². The van der Waals surface area contributed by atoms with E-state index in [1.165, 1.54) is 11.1 Å². The van der Waals surface area contributed by atoms with Crippen molar-refractivity contribution >= 4 is 13.2 Å². The lowest BCUT2D eigenvalue weighted by Gasteiger charge is -2.34. The van der Waals surface area contributed by atoms with Crippen molar-refractivity contribution in [2.75, 3.05) is 0 Å². The van der Waals surface area contributed by atoms with Gasteiger partial charge in [-0.1, -0.05) is 158 Å². The first kappa shape index (κ1) is 36.4. The molecule has 0 radical (unpaired) electrons. The second-order valence-electron chi connectivity index (χ2n) is 17.9. The van der Waals surface area contributed by atoms with Gasteiger partial charge in [0.2, 0.25) is 0 Å². The van der Waals surface area contributed by atoms with Crippen LogP contribution < -0.4 is 5.30 Å². The molecule has 0 bridgehead atoms. The van der Waals surface area contributed by atoms with Crippen molar-refractivity contribution in [2.24, 2.45) is 0 Å². The van der Waals surface area contributed by atoms with Crippen molar-refractivity contribution in [1.82, 2.24) is 0 Å². The Morgan fingerprint density at radius 1 is 0.500 bits per heavy atom. The zero-order valence-corrected chi connectivity index (χ0v) is 31.4. The molecule has 0 saturated heterocycles. The molecule has 0 aliphatic heterocycles. The second kappa shape index (κ2) is 12.0. The van der Waals surface area contributed by atoms with Crippen molar-refractivity contribution in [3.8, 4) is 0 Å². The topological polar surface area (TPSA) is 49.7 Å². The Kier molecular flexibility index (Phi) is 9.91. The van der Waals surface area contributed by atoms with E-state index in [-0.39, 0.29) is 27.1 Å². The molecule has 3 rings (SSSR count). The largest absolute Gasteiger partial charge is 0.444 e. The fraction of sp³-hybridized carbons (Fsp3) is 0.550. The highest BCUT2D eigenvalue weighted by molar-refractivity contribution is 7.67. The highest BCUT2D eigenvalue weighted by Crippen LogP contribution is 2.58. The quantitative estimate of drug-likeness (QED) is 0.279. The molecule has 0 atom stereocenters. The van der Waals surface area contributed by atoms with Gasteiger partial charge in [0.1, 0.15) is 0 Å². The third-order valence-corrected chi connectivity index (χ3v) is 10.1. The smallest absolute Gasteiger partial charge is 0.188 e. The number of hydrogen-bond donors (Lipinski definition) is 2. The minimum atomic E-state index is -4.07. The summed E-state index contributed by atoms with van der Waals surface area (Å²) in [6, 6.07) is 19.1. The molecular formula is C40H60O3P+. The molecule has 0 saturated carbocycles. The lowest BCUT2D eigenvalue weighted by molar-refractivity contribution is 0.187. The normalized spacial score (nSPS) is 14.0. The molecule has 3 aromatic carbocycles. The monoisotopic (exact) mass is 619 g/mol. The zero-order valence-electron chi connectivity index (χ0n) is 30.5. The van der Waals surface area contributed by atoms with Crippen LogP contribution in [0.25, 0.3) is 0 Å². The van der Waals surface area contributed by atoms with E-state index in [9.17, 15) is 9.79 Å². The maximum absolute atomic E-state index is 12.1. The Balaban J connectivity index is 2.44. The van der Waals surface area contributed by atoms with Crippen LogP contribution in [0, 0.1) is 6.92 Å². The van der Waals surface area contributed by atoms with Crippen LogP contribution in [0.4, 0.5) is 0 Å². The van der Waals surface area contributed by atoms with Crippen molar-refractivity contribution in [1.29, 1.82) is 0 Å². The summed E-state index contributed by atoms with van der Waals surface area (Å²) >= 11 is 0. The Morgan fingerprint density at radius 2 is 0.886 bits per heavy atom. The van der Waals surface area contributed by atoms with Gasteiger partial charge in [0.05, 0.1) is 0 Å². The van der Waals surface area contributed by atoms with Crippen LogP contribution in [0.3, 0.4) is 0 Å². The predicted molar refractivity (Wildman–Crippen MR) is 191 cm³/mol. The first-order valence-corrected chi connectivity index (χ1v) is 17.7. The molecule has 0 fully saturated rings. The molecule has 3 nitrogen and oxygen atoms in total. The van der Waals surface area contributed by atoms with Gasteiger partial charge in [-0.25, -0.2) is 0 Å². The molecule has 0 aromatic heterocycles. The molecule has 0 amide bonds. The summed E-state index contributed by atoms with van der Waals surface area (Å²) in [5.41, 5.74) is 7.91. The summed E-state index contributed by atoms with van der Waals surface area (Å²) in [6.07, 6.45) is -0.695. The van der Waals surface area contributed by atoms with E-state index >= 15 is 0 Å². The van der Waals surface area contributed by atoms with E-state index in [4.69, 9.17) is 4.52 Å². The fourth-order valence-electron chi connectivity index (χ4n) is 5.79. The lowest BCUT2D eigenvalue weighted by Crippen LogP contribution is -2.29. The summed E-state index contributed by atoms with van der Waals surface area (Å²) in [6.45, 7) is 35.1. The maximum Gasteiger partial charge on any atom is 0.444 e. The fourth-order valence-corrected chi connectivity index (χ4v) is 7.41. The molecular weight excluding hydrogens is 559 g/mol. The minimum absolute atomic E-state index is 0.0337. The third-order valence-electron chi connectivity index (χ3n) is 8.55. The number of aryl methyl sites for hydroxylation is 1. The van der Waals surface area contributed by atoms with E-state index in [1.807, 2.05) is 19.1 Å². The molecule has 0 heterocycles. The molecule has 4 heteroatoms. The third kappa shape index (κ3) is 8.21. The predicted octanol–water partition coefficient (Wildman–Crippen LogP) is 10.7. The van der Waals surface area contributed by atoms with Crippen LogP contribution >= 0.6 is 7.94 Å². The van der Waals surface area contributed by atoms with Gasteiger partial charge in [0, 0.05) is 5.56 Å². The van der Waals surface area contributed by atoms with Crippen LogP contribution in [0.1, 0.15) is 154 Å². The van der Waals surface area contributed by atoms with Crippen molar-refractivity contribution in [2.45, 2.75) is 144 Å². The van der Waals surface area contributed by atoms with Gasteiger partial charge >= 0.3 is 7.94 Å².